The second-order valence-corrected chi connectivity index (χ2v) is 5.29. The predicted octanol–water partition coefficient (Wildman–Crippen LogP) is 3.69. The van der Waals surface area contributed by atoms with E-state index in [9.17, 15) is 4.39 Å². The molecule has 2 atom stereocenters. The number of benzene rings is 1. The van der Waals surface area contributed by atoms with Crippen LogP contribution in [0.15, 0.2) is 22.7 Å². The van der Waals surface area contributed by atoms with Gasteiger partial charge < -0.3 is 5.32 Å². The van der Waals surface area contributed by atoms with Crippen LogP contribution in [0.3, 0.4) is 0 Å². The lowest BCUT2D eigenvalue weighted by molar-refractivity contribution is 0.317. The molecule has 0 aromatic heterocycles. The maximum absolute atomic E-state index is 13.1. The zero-order chi connectivity index (χ0) is 11.5. The molecule has 1 aromatic rings. The summed E-state index contributed by atoms with van der Waals surface area (Å²) in [5.41, 5.74) is 1.26. The molecule has 0 aliphatic carbocycles. The highest BCUT2D eigenvalue weighted by Gasteiger charge is 2.26. The van der Waals surface area contributed by atoms with Crippen molar-refractivity contribution < 1.29 is 4.39 Å². The monoisotopic (exact) mass is 285 g/mol. The van der Waals surface area contributed by atoms with Gasteiger partial charge in [0.05, 0.1) is 0 Å². The van der Waals surface area contributed by atoms with Crippen molar-refractivity contribution in [1.82, 2.24) is 5.32 Å². The first-order valence-electron chi connectivity index (χ1n) is 5.88. The molecule has 0 amide bonds. The van der Waals surface area contributed by atoms with E-state index in [-0.39, 0.29) is 5.82 Å². The molecule has 0 radical (unpaired) electrons. The maximum Gasteiger partial charge on any atom is 0.124 e. The van der Waals surface area contributed by atoms with E-state index in [0.717, 1.165) is 24.0 Å². The molecular weight excluding hydrogens is 269 g/mol. The molecule has 2 rings (SSSR count). The summed E-state index contributed by atoms with van der Waals surface area (Å²) in [7, 11) is 0. The van der Waals surface area contributed by atoms with E-state index in [1.807, 2.05) is 6.07 Å². The first-order valence-corrected chi connectivity index (χ1v) is 6.67. The molecular formula is C13H17BrFN. The van der Waals surface area contributed by atoms with Gasteiger partial charge in [0.25, 0.3) is 0 Å². The van der Waals surface area contributed by atoms with Crippen molar-refractivity contribution in [1.29, 1.82) is 0 Å². The summed E-state index contributed by atoms with van der Waals surface area (Å²) in [5.74, 6) is 1.05. The molecule has 1 fully saturated rings. The fraction of sp³-hybridized carbons (Fsp3) is 0.538. The van der Waals surface area contributed by atoms with Crippen LogP contribution in [0, 0.1) is 11.7 Å². The van der Waals surface area contributed by atoms with Gasteiger partial charge in [0, 0.05) is 4.47 Å². The van der Waals surface area contributed by atoms with Gasteiger partial charge in [-0.05, 0) is 49.0 Å². The summed E-state index contributed by atoms with van der Waals surface area (Å²) in [6.07, 6.45) is 2.31. The molecule has 1 saturated heterocycles. The van der Waals surface area contributed by atoms with E-state index < -0.39 is 0 Å². The zero-order valence-electron chi connectivity index (χ0n) is 9.47. The van der Waals surface area contributed by atoms with Crippen molar-refractivity contribution >= 4 is 15.9 Å². The molecule has 1 heterocycles. The fourth-order valence-electron chi connectivity index (χ4n) is 2.56. The average molecular weight is 286 g/mol. The predicted molar refractivity (Wildman–Crippen MR) is 68.1 cm³/mol. The van der Waals surface area contributed by atoms with Crippen molar-refractivity contribution in [3.05, 3.63) is 34.1 Å². The number of piperidine rings is 1. The number of hydrogen-bond acceptors (Lipinski definition) is 1. The Labute approximate surface area is 105 Å². The van der Waals surface area contributed by atoms with Gasteiger partial charge in [0.2, 0.25) is 0 Å². The summed E-state index contributed by atoms with van der Waals surface area (Å²) in [6.45, 7) is 4.36. The van der Waals surface area contributed by atoms with Gasteiger partial charge in [0.15, 0.2) is 0 Å². The molecule has 88 valence electrons. The van der Waals surface area contributed by atoms with Gasteiger partial charge in [-0.3, -0.25) is 0 Å². The molecule has 1 N–H and O–H groups in total. The van der Waals surface area contributed by atoms with Crippen molar-refractivity contribution in [3.63, 3.8) is 0 Å². The molecule has 2 unspecified atom stereocenters. The van der Waals surface area contributed by atoms with Crippen LogP contribution in [0.1, 0.15) is 31.2 Å². The molecule has 0 bridgehead atoms. The molecule has 0 spiro atoms. The highest BCUT2D eigenvalue weighted by atomic mass is 79.9. The van der Waals surface area contributed by atoms with E-state index in [2.05, 4.69) is 28.2 Å². The van der Waals surface area contributed by atoms with Crippen LogP contribution in [-0.2, 0) is 0 Å². The molecule has 16 heavy (non-hydrogen) atoms. The van der Waals surface area contributed by atoms with E-state index in [1.165, 1.54) is 12.0 Å². The summed E-state index contributed by atoms with van der Waals surface area (Å²) >= 11 is 3.48. The molecule has 0 saturated carbocycles. The minimum atomic E-state index is -0.169. The Kier molecular flexibility index (Phi) is 3.98. The average Bonchev–Trinajstić information content (AvgIpc) is 2.29. The SMILES string of the molecule is CCC1CNCCC1c1ccc(F)cc1Br. The van der Waals surface area contributed by atoms with Gasteiger partial charge >= 0.3 is 0 Å². The molecule has 3 heteroatoms. The summed E-state index contributed by atoms with van der Waals surface area (Å²) in [4.78, 5) is 0. The fourth-order valence-corrected chi connectivity index (χ4v) is 3.21. The highest BCUT2D eigenvalue weighted by Crippen LogP contribution is 2.36. The number of halogens is 2. The van der Waals surface area contributed by atoms with Gasteiger partial charge in [-0.25, -0.2) is 4.39 Å². The Hall–Kier alpha value is -0.410. The van der Waals surface area contributed by atoms with Gasteiger partial charge in [-0.1, -0.05) is 35.3 Å². The van der Waals surface area contributed by atoms with Crippen molar-refractivity contribution in [2.75, 3.05) is 13.1 Å². The van der Waals surface area contributed by atoms with Gasteiger partial charge in [-0.2, -0.15) is 0 Å². The van der Waals surface area contributed by atoms with Crippen LogP contribution in [0.5, 0.6) is 0 Å². The summed E-state index contributed by atoms with van der Waals surface area (Å²) in [6, 6.07) is 5.07. The van der Waals surface area contributed by atoms with Crippen LogP contribution >= 0.6 is 15.9 Å². The highest BCUT2D eigenvalue weighted by molar-refractivity contribution is 9.10. The third-order valence-corrected chi connectivity index (χ3v) is 4.18. The Morgan fingerprint density at radius 3 is 3.00 bits per heavy atom. The van der Waals surface area contributed by atoms with E-state index in [1.54, 1.807) is 12.1 Å². The Balaban J connectivity index is 2.27. The van der Waals surface area contributed by atoms with Crippen molar-refractivity contribution in [2.45, 2.75) is 25.7 Å². The minimum absolute atomic E-state index is 0.169. The van der Waals surface area contributed by atoms with E-state index >= 15 is 0 Å². The maximum atomic E-state index is 13.1. The largest absolute Gasteiger partial charge is 0.316 e. The standard InChI is InChI=1S/C13H17BrFN/c1-2-9-8-16-6-5-11(9)12-4-3-10(15)7-13(12)14/h3-4,7,9,11,16H,2,5-6,8H2,1H3. The van der Waals surface area contributed by atoms with Crippen LogP contribution in [0.25, 0.3) is 0 Å². The first-order chi connectivity index (χ1) is 7.72. The van der Waals surface area contributed by atoms with Gasteiger partial charge in [0.1, 0.15) is 5.82 Å². The van der Waals surface area contributed by atoms with Gasteiger partial charge in [-0.15, -0.1) is 0 Å². The lowest BCUT2D eigenvalue weighted by Gasteiger charge is -2.32. The molecule has 1 aliphatic heterocycles. The normalized spacial score (nSPS) is 25.7. The lowest BCUT2D eigenvalue weighted by atomic mass is 9.80. The van der Waals surface area contributed by atoms with Crippen molar-refractivity contribution in [3.8, 4) is 0 Å². The van der Waals surface area contributed by atoms with E-state index in [0.29, 0.717) is 11.8 Å². The van der Waals surface area contributed by atoms with Crippen LogP contribution in [-0.4, -0.2) is 13.1 Å². The Morgan fingerprint density at radius 1 is 1.50 bits per heavy atom. The second kappa shape index (κ2) is 5.28. The molecule has 1 aliphatic rings. The van der Waals surface area contributed by atoms with Crippen LogP contribution in [0.2, 0.25) is 0 Å². The third kappa shape index (κ3) is 2.46. The summed E-state index contributed by atoms with van der Waals surface area (Å²) in [5, 5.41) is 3.43. The van der Waals surface area contributed by atoms with Crippen LogP contribution in [0.4, 0.5) is 4.39 Å². The molecule has 1 nitrogen and oxygen atoms in total. The van der Waals surface area contributed by atoms with Crippen molar-refractivity contribution in [2.24, 2.45) is 5.92 Å². The first kappa shape index (κ1) is 12.1. The summed E-state index contributed by atoms with van der Waals surface area (Å²) < 4.78 is 14.0. The topological polar surface area (TPSA) is 12.0 Å². The minimum Gasteiger partial charge on any atom is -0.316 e. The quantitative estimate of drug-likeness (QED) is 0.874. The molecule has 1 aromatic carbocycles. The van der Waals surface area contributed by atoms with E-state index in [4.69, 9.17) is 0 Å². The lowest BCUT2D eigenvalue weighted by Crippen LogP contribution is -2.35. The number of nitrogens with one attached hydrogen (secondary N) is 1. The third-order valence-electron chi connectivity index (χ3n) is 3.49. The zero-order valence-corrected chi connectivity index (χ0v) is 11.1. The Bertz CT molecular complexity index is 367. The second-order valence-electron chi connectivity index (χ2n) is 4.43. The number of rotatable bonds is 2. The Morgan fingerprint density at radius 2 is 2.31 bits per heavy atom. The van der Waals surface area contributed by atoms with Crippen LogP contribution < -0.4 is 5.32 Å². The smallest absolute Gasteiger partial charge is 0.124 e. The number of hydrogen-bond donors (Lipinski definition) is 1.